The lowest BCUT2D eigenvalue weighted by Crippen LogP contribution is -2.30. The Bertz CT molecular complexity index is 9270. The normalized spacial score (nSPS) is 12.3. The number of aromatic hydroxyl groups is 2. The molecule has 12 N–H and O–H groups in total. The summed E-state index contributed by atoms with van der Waals surface area (Å²) >= 11 is 5.56. The van der Waals surface area contributed by atoms with Crippen molar-refractivity contribution in [2.24, 2.45) is 5.92 Å². The minimum atomic E-state index is -4.75. The van der Waals surface area contributed by atoms with E-state index in [0.717, 1.165) is 73.9 Å². The lowest BCUT2D eigenvalue weighted by molar-refractivity contribution is -0.136. The van der Waals surface area contributed by atoms with Gasteiger partial charge in [0.15, 0.2) is 22.6 Å². The van der Waals surface area contributed by atoms with Crippen LogP contribution < -0.4 is 50.5 Å². The van der Waals surface area contributed by atoms with E-state index in [1.54, 1.807) is 129 Å². The van der Waals surface area contributed by atoms with Crippen molar-refractivity contribution in [2.45, 2.75) is 92.2 Å². The van der Waals surface area contributed by atoms with E-state index in [1.807, 2.05) is 31.2 Å². The van der Waals surface area contributed by atoms with Gasteiger partial charge in [-0.25, -0.2) is 82.9 Å². The lowest BCUT2D eigenvalue weighted by atomic mass is 10.1. The molecule has 1 fully saturated rings. The number of rotatable bonds is 16. The fourth-order valence-electron chi connectivity index (χ4n) is 16.8. The molecule has 6 aromatic carbocycles. The van der Waals surface area contributed by atoms with E-state index in [9.17, 15) is 73.3 Å². The largest absolute Gasteiger partial charge is 0.508 e. The molecule has 147 heavy (non-hydrogen) atoms. The molecule has 15 aromatic heterocycles. The maximum atomic E-state index is 14.1. The number of nitrogens with zero attached hydrogens (tertiary/aromatic N) is 24. The Balaban J connectivity index is 0.000000124. The van der Waals surface area contributed by atoms with E-state index in [-0.39, 0.29) is 132 Å². The number of hydrogen-bond donors (Lipinski definition) is 8. The third-order valence-corrected chi connectivity index (χ3v) is 26.9. The number of nitrogens with two attached hydrogens (primary N) is 4. The molecule has 0 unspecified atom stereocenters. The first-order valence-corrected chi connectivity index (χ1v) is 47.4. The molecule has 21 aromatic rings. The molecule has 15 heterocycles. The third kappa shape index (κ3) is 18.7. The van der Waals surface area contributed by atoms with Gasteiger partial charge in [0.25, 0.3) is 22.2 Å². The second-order valence-corrected chi connectivity index (χ2v) is 36.8. The number of phenolic OH excluding ortho intramolecular Hbond substituents is 2. The number of phenols is 2. The summed E-state index contributed by atoms with van der Waals surface area (Å²) in [5.74, 6) is 7.24. The summed E-state index contributed by atoms with van der Waals surface area (Å²) in [6.07, 6.45) is -6.83. The molecule has 1 saturated carbocycles. The van der Waals surface area contributed by atoms with Crippen LogP contribution in [0, 0.1) is 56.7 Å². The summed E-state index contributed by atoms with van der Waals surface area (Å²) in [6.45, 7) is 8.52. The van der Waals surface area contributed by atoms with E-state index in [0.29, 0.717) is 123 Å². The second kappa shape index (κ2) is 38.7. The van der Waals surface area contributed by atoms with Crippen molar-refractivity contribution in [1.82, 2.24) is 117 Å². The van der Waals surface area contributed by atoms with Crippen LogP contribution in [0.3, 0.4) is 0 Å². The van der Waals surface area contributed by atoms with Gasteiger partial charge in [-0.05, 0) is 140 Å². The number of aromatic nitrogens is 24. The molecule has 22 rings (SSSR count). The minimum Gasteiger partial charge on any atom is -0.508 e. The van der Waals surface area contributed by atoms with Crippen molar-refractivity contribution in [3.63, 3.8) is 0 Å². The van der Waals surface area contributed by atoms with Crippen LogP contribution >= 0.6 is 49.9 Å². The topological polar surface area (TPSA) is 494 Å². The number of halogens is 11. The summed E-state index contributed by atoms with van der Waals surface area (Å²) in [5.41, 5.74) is 27.2. The molecule has 0 bridgehead atoms. The summed E-state index contributed by atoms with van der Waals surface area (Å²) in [7, 11) is 1.65. The van der Waals surface area contributed by atoms with Gasteiger partial charge in [0.1, 0.15) is 163 Å². The summed E-state index contributed by atoms with van der Waals surface area (Å²) in [6, 6.07) is 37.9. The fraction of sp³-hybridized carbons (Fsp3) is 0.165. The fourth-order valence-corrected chi connectivity index (χ4v) is 20.2. The molecule has 0 radical (unpaired) electrons. The highest BCUT2D eigenvalue weighted by Gasteiger charge is 2.40. The Morgan fingerprint density at radius 1 is 0.442 bits per heavy atom. The summed E-state index contributed by atoms with van der Waals surface area (Å²) < 4.78 is 149. The first kappa shape index (κ1) is 98.3. The number of aryl methyl sites for hydroxylation is 4. The maximum Gasteiger partial charge on any atom is 0.418 e. The smallest absolute Gasteiger partial charge is 0.418 e. The third-order valence-electron chi connectivity index (χ3n) is 23.7. The number of nitrogen functional groups attached to an aromatic ring is 4. The number of alkyl halides is 9. The Hall–Kier alpha value is -17.5. The first-order chi connectivity index (χ1) is 70.2. The predicted octanol–water partition coefficient (Wildman–Crippen LogP) is 16.8. The van der Waals surface area contributed by atoms with E-state index < -0.39 is 73.9 Å². The van der Waals surface area contributed by atoms with Gasteiger partial charge in [-0.2, -0.15) is 59.9 Å². The molecule has 0 saturated heterocycles. The van der Waals surface area contributed by atoms with Gasteiger partial charge in [0, 0.05) is 46.3 Å². The van der Waals surface area contributed by atoms with Crippen LogP contribution in [0.1, 0.15) is 93.4 Å². The number of fused-ring (bicyclic) bond motifs is 7. The molecule has 0 atom stereocenters. The van der Waals surface area contributed by atoms with Crippen molar-refractivity contribution in [1.29, 1.82) is 5.41 Å². The van der Waals surface area contributed by atoms with Crippen LogP contribution in [0.2, 0.25) is 0 Å². The van der Waals surface area contributed by atoms with Crippen LogP contribution in [0.15, 0.2) is 205 Å². The number of hydrogen-bond acceptors (Lipinski definition) is 31. The van der Waals surface area contributed by atoms with Crippen LogP contribution in [0.25, 0.3) is 120 Å². The number of nitrogens with one attached hydrogen (secondary N) is 2. The molecule has 50 heteroatoms. The van der Waals surface area contributed by atoms with Crippen molar-refractivity contribution < 1.29 is 54.1 Å². The van der Waals surface area contributed by atoms with Crippen LogP contribution in [0.4, 0.5) is 72.9 Å². The van der Waals surface area contributed by atoms with Crippen LogP contribution in [-0.4, -0.2) is 140 Å². The quantitative estimate of drug-likeness (QED) is 0.0253. The Morgan fingerprint density at radius 2 is 0.796 bits per heavy atom. The van der Waals surface area contributed by atoms with Gasteiger partial charge in [0.2, 0.25) is 0 Å². The standard InChI is InChI=1S/C26H17F4N7O2S.C26H18F3N7O2S.C25H25N9O.C20H13BrF3N7OS/c1-12-4-2-3-5-17(12)37-18(34-24-19(25(37)39)16(10-40-24)26(28,29)30)9-36-23-20(22(31)32-11-33-23)21(35-36)13-6-14(27)8-15(38)7-13;1-13-5-2-3-8-17(13)36-18(33-24-19(25(36)38)16(11-39-24)26(27,28)29)10-35-23-20(22(30)31-12-32-23)21(34-35)14-6-4-7-15(37)9-14;1-14-6-4-5-7-18(14)34-19(31-21(15(2)26)22(28-3)25(34)35)12-33-24-20(23(27)29-13-30-24)17(32-33)11-10-16-8-9-16;1-9-4-2-3-5-11(9)31-12(6-30-17-14(15(21)29-30)16(25)26-8-27-17)28-18-13(19(31)32)10(7-33-18)20(22,23)24/h2-8,10-11,38H,9H2,1H3,(H2,31,32,33);2-9,11-12,37H,10H2,1H3,(H2,30,31,32);4-7,13,16,26,28H,8-9,12H2,1-3H3,(H2,27,29,30);2-5,7-8H,6H2,1H3,(H2,25,26,27). The Morgan fingerprint density at radius 3 is 1.18 bits per heavy atom. The summed E-state index contributed by atoms with van der Waals surface area (Å²) in [5, 5.41) is 52.3. The van der Waals surface area contributed by atoms with Gasteiger partial charge in [0.05, 0.1) is 82.9 Å². The maximum absolute atomic E-state index is 14.1. The molecule has 36 nitrogen and oxygen atoms in total. The highest BCUT2D eigenvalue weighted by atomic mass is 79.9. The molecule has 742 valence electrons. The van der Waals surface area contributed by atoms with Crippen molar-refractivity contribution in [3.05, 3.63) is 306 Å². The molecule has 0 amide bonds. The molecule has 0 aliphatic heterocycles. The van der Waals surface area contributed by atoms with E-state index in [1.165, 1.54) is 66.7 Å². The Labute approximate surface area is 839 Å². The average molecular weight is 2120 g/mol. The molecular formula is C97H73BrF10N30O6S3. The Kier molecular flexibility index (Phi) is 25.9. The van der Waals surface area contributed by atoms with Gasteiger partial charge in [-0.3, -0.25) is 37.4 Å². The zero-order chi connectivity index (χ0) is 104. The van der Waals surface area contributed by atoms with Crippen LogP contribution in [0.5, 0.6) is 11.5 Å². The number of anilines is 5. The van der Waals surface area contributed by atoms with E-state index in [4.69, 9.17) is 33.3 Å². The minimum absolute atomic E-state index is 0.00294. The first-order valence-electron chi connectivity index (χ1n) is 44.0. The van der Waals surface area contributed by atoms with Crippen molar-refractivity contribution >= 4 is 159 Å². The number of thiophene rings is 3. The van der Waals surface area contributed by atoms with E-state index >= 15 is 0 Å². The highest BCUT2D eigenvalue weighted by molar-refractivity contribution is 9.10. The number of benzene rings is 6. The SMILES string of the molecule is CNc1c(C(C)=N)nc(Cn2nc(C#CC3CC3)c3c(N)ncnc32)n(-c2ccccc2C)c1=O.Cc1ccccc1-n1c(Cn2nc(-c3cc(O)cc(F)c3)c3c(N)ncnc32)nc2scc(C(F)(F)F)c2c1=O.Cc1ccccc1-n1c(Cn2nc(-c3cccc(O)c3)c3c(N)ncnc32)nc2scc(C(F)(F)F)c2c1=O.Cc1ccccc1-n1c(Cn2nc(Br)c3c(N)ncnc32)nc2scc(C(F)(F)F)c2c1=O. The van der Waals surface area contributed by atoms with Crippen molar-refractivity contribution in [3.8, 4) is 68.6 Å². The zero-order valence-electron chi connectivity index (χ0n) is 77.1. The molecule has 1 aliphatic rings. The predicted molar refractivity (Wildman–Crippen MR) is 538 cm³/mol. The molecule has 0 spiro atoms. The second-order valence-electron chi connectivity index (χ2n) is 33.5. The molecule has 1 aliphatic carbocycles. The monoisotopic (exact) mass is 2120 g/mol. The van der Waals surface area contributed by atoms with Gasteiger partial charge < -0.3 is 43.9 Å². The lowest BCUT2D eigenvalue weighted by Gasteiger charge is -2.18. The van der Waals surface area contributed by atoms with Gasteiger partial charge >= 0.3 is 18.5 Å². The van der Waals surface area contributed by atoms with E-state index in [2.05, 4.69) is 108 Å². The van der Waals surface area contributed by atoms with Gasteiger partial charge in [-0.15, -0.1) is 34.0 Å². The molecular weight excluding hydrogens is 2050 g/mol. The van der Waals surface area contributed by atoms with Gasteiger partial charge in [-0.1, -0.05) is 90.8 Å². The highest BCUT2D eigenvalue weighted by Crippen LogP contribution is 2.43. The van der Waals surface area contributed by atoms with Crippen LogP contribution in [-0.2, 0) is 44.7 Å². The van der Waals surface area contributed by atoms with Crippen molar-refractivity contribution in [2.75, 3.05) is 35.3 Å². The average Bonchev–Trinajstić information content (AvgIpc) is 1.64. The summed E-state index contributed by atoms with van der Waals surface area (Å²) in [4.78, 5) is 106. The zero-order valence-corrected chi connectivity index (χ0v) is 81.1. The number of para-hydroxylation sites is 4.